The van der Waals surface area contributed by atoms with Crippen LogP contribution < -0.4 is 10.4 Å². The van der Waals surface area contributed by atoms with Gasteiger partial charge in [0.2, 0.25) is 0 Å². The van der Waals surface area contributed by atoms with Gasteiger partial charge in [-0.3, -0.25) is 6.08 Å². The fourth-order valence-corrected chi connectivity index (χ4v) is 16.6. The van der Waals surface area contributed by atoms with E-state index in [0.717, 1.165) is 36.7 Å². The molecule has 0 bridgehead atoms. The van der Waals surface area contributed by atoms with Crippen molar-refractivity contribution in [3.8, 4) is 11.1 Å². The van der Waals surface area contributed by atoms with Crippen LogP contribution >= 0.6 is 0 Å². The molecule has 0 N–H and O–H groups in total. The summed E-state index contributed by atoms with van der Waals surface area (Å²) in [5.74, 6) is 0. The maximum atomic E-state index is 3.67. The Labute approximate surface area is 348 Å². The van der Waals surface area contributed by atoms with Crippen LogP contribution in [-0.4, -0.2) is 19.4 Å². The molecule has 0 spiro atoms. The van der Waals surface area contributed by atoms with Crippen molar-refractivity contribution in [1.82, 2.24) is 0 Å². The predicted molar refractivity (Wildman–Crippen MR) is 242 cm³/mol. The number of allylic oxidation sites excluding steroid dienone is 4. The van der Waals surface area contributed by atoms with E-state index in [9.17, 15) is 0 Å². The normalized spacial score (nSPS) is 13.4. The van der Waals surface area contributed by atoms with Gasteiger partial charge >= 0.3 is 191 Å². The minimum absolute atomic E-state index is 0.167. The summed E-state index contributed by atoms with van der Waals surface area (Å²) in [4.78, 5) is 0. The summed E-state index contributed by atoms with van der Waals surface area (Å²) in [5.41, 5.74) is 11.6. The molecule has 0 unspecified atom stereocenters. The van der Waals surface area contributed by atoms with E-state index >= 15 is 0 Å². The first-order chi connectivity index (χ1) is 25.6. The minimum Gasteiger partial charge on any atom is -0.273 e. The zero-order chi connectivity index (χ0) is 39.7. The molecule has 0 fully saturated rings. The average molecular weight is 916 g/mol. The van der Waals surface area contributed by atoms with Gasteiger partial charge in [-0.2, -0.15) is 29.8 Å². The second-order valence-electron chi connectivity index (χ2n) is 17.5. The molecule has 0 saturated heterocycles. The summed E-state index contributed by atoms with van der Waals surface area (Å²) in [6.07, 6.45) is 11.0. The molecule has 2 aliphatic rings. The van der Waals surface area contributed by atoms with E-state index in [1.165, 1.54) is 84.0 Å². The third kappa shape index (κ3) is 10.3. The van der Waals surface area contributed by atoms with Crippen molar-refractivity contribution in [2.24, 2.45) is 0 Å². The molecule has 0 saturated carbocycles. The van der Waals surface area contributed by atoms with Crippen LogP contribution in [0.1, 0.15) is 123 Å². The number of rotatable bonds is 10. The molecule has 4 aromatic rings. The van der Waals surface area contributed by atoms with Crippen LogP contribution in [0.25, 0.3) is 11.1 Å². The number of hydrogen-bond donors (Lipinski definition) is 0. The van der Waals surface area contributed by atoms with Crippen LogP contribution in [-0.2, 0) is 41.1 Å². The second-order valence-corrected chi connectivity index (χ2v) is 29.8. The number of fused-ring (bicyclic) bond motifs is 3. The molecule has 0 nitrogen and oxygen atoms in total. The van der Waals surface area contributed by atoms with Crippen LogP contribution in [0.4, 0.5) is 0 Å². The van der Waals surface area contributed by atoms with E-state index < -0.39 is 16.1 Å². The van der Waals surface area contributed by atoms with Crippen LogP contribution in [0.5, 0.6) is 0 Å². The van der Waals surface area contributed by atoms with Crippen molar-refractivity contribution >= 4 is 29.8 Å². The Morgan fingerprint density at radius 1 is 0.611 bits per heavy atom. The molecule has 54 heavy (non-hydrogen) atoms. The van der Waals surface area contributed by atoms with Crippen molar-refractivity contribution in [1.29, 1.82) is 0 Å². The van der Waals surface area contributed by atoms with Crippen LogP contribution in [0.3, 0.4) is 0 Å². The monoisotopic (exact) mass is 916 g/mol. The zero-order valence-electron chi connectivity index (χ0n) is 35.9. The maximum Gasteiger partial charge on any atom is -0.109 e. The van der Waals surface area contributed by atoms with Gasteiger partial charge in [0.15, 0.2) is 0 Å². The molecule has 6 rings (SSSR count). The SMILES string of the molecule is CC(C)(C)c1[c-]c2c(cc1)-c1ccc(C(C)(C)C)cc1C2.CC[Si](CC)(CC)c1ccc([C](=[Hf+2])c2ccc([Si](CC)(CC)CC)cc2)cc1.[C-]1=CC=CC1. The molecule has 4 aromatic carbocycles. The third-order valence-electron chi connectivity index (χ3n) is 12.7. The predicted octanol–water partition coefficient (Wildman–Crippen LogP) is 13.2. The molecule has 0 atom stereocenters. The second kappa shape index (κ2) is 19.1. The summed E-state index contributed by atoms with van der Waals surface area (Å²) in [6.45, 7) is 28.0. The molecule has 2 aliphatic carbocycles. The molecule has 0 amide bonds. The molecular formula is C51H68HfSi2. The zero-order valence-corrected chi connectivity index (χ0v) is 41.5. The fraction of sp³-hybridized carbons (Fsp3) is 0.431. The first-order valence-corrected chi connectivity index (χ1v) is 27.9. The van der Waals surface area contributed by atoms with Gasteiger partial charge < -0.3 is 0 Å². The summed E-state index contributed by atoms with van der Waals surface area (Å²) in [5, 5.41) is 3.30. The molecule has 3 heteroatoms. The Kier molecular flexibility index (Phi) is 15.7. The number of hydrogen-bond acceptors (Lipinski definition) is 0. The van der Waals surface area contributed by atoms with Gasteiger partial charge in [-0.1, -0.05) is 65.3 Å². The largest absolute Gasteiger partial charge is 0.273 e. The first kappa shape index (κ1) is 44.3. The summed E-state index contributed by atoms with van der Waals surface area (Å²) >= 11 is 1.08. The topological polar surface area (TPSA) is 0 Å². The molecule has 0 aliphatic heterocycles. The first-order valence-electron chi connectivity index (χ1n) is 20.8. The Hall–Kier alpha value is -2.47. The minimum atomic E-state index is -1.27. The van der Waals surface area contributed by atoms with E-state index in [2.05, 4.69) is 180 Å². The summed E-state index contributed by atoms with van der Waals surface area (Å²) < 4.78 is 1.53. The Morgan fingerprint density at radius 3 is 1.46 bits per heavy atom. The summed E-state index contributed by atoms with van der Waals surface area (Å²) in [6, 6.07) is 42.7. The van der Waals surface area contributed by atoms with E-state index in [4.69, 9.17) is 0 Å². The van der Waals surface area contributed by atoms with Crippen molar-refractivity contribution in [3.05, 3.63) is 143 Å². The van der Waals surface area contributed by atoms with E-state index in [-0.39, 0.29) is 10.8 Å². The van der Waals surface area contributed by atoms with Gasteiger partial charge in [-0.25, -0.2) is 12.2 Å². The van der Waals surface area contributed by atoms with E-state index in [1.54, 1.807) is 10.4 Å². The maximum absolute atomic E-state index is 3.67. The summed E-state index contributed by atoms with van der Waals surface area (Å²) in [7, 11) is -2.53. The van der Waals surface area contributed by atoms with Gasteiger partial charge in [-0.15, -0.1) is 17.5 Å². The third-order valence-corrected chi connectivity index (χ3v) is 26.0. The van der Waals surface area contributed by atoms with Crippen molar-refractivity contribution < 1.29 is 23.9 Å². The van der Waals surface area contributed by atoms with Crippen LogP contribution in [0.2, 0.25) is 36.3 Å². The van der Waals surface area contributed by atoms with Gasteiger partial charge in [0.25, 0.3) is 0 Å². The smallest absolute Gasteiger partial charge is 0.109 e. The Bertz CT molecular complexity index is 1730. The Morgan fingerprint density at radius 2 is 1.09 bits per heavy atom. The van der Waals surface area contributed by atoms with Gasteiger partial charge in [0.05, 0.1) is 0 Å². The molecule has 0 aromatic heterocycles. The number of benzene rings is 4. The Balaban J connectivity index is 0.000000218. The molecule has 0 heterocycles. The quantitative estimate of drug-likeness (QED) is 0.0967. The van der Waals surface area contributed by atoms with E-state index in [0.29, 0.717) is 0 Å². The van der Waals surface area contributed by atoms with Crippen LogP contribution in [0.15, 0.2) is 97.1 Å². The van der Waals surface area contributed by atoms with Crippen molar-refractivity contribution in [2.75, 3.05) is 0 Å². The molecule has 0 radical (unpaired) electrons. The fourth-order valence-electron chi connectivity index (χ4n) is 8.24. The van der Waals surface area contributed by atoms with E-state index in [1.807, 2.05) is 12.2 Å². The molecule has 284 valence electrons. The van der Waals surface area contributed by atoms with Crippen LogP contribution in [0, 0.1) is 12.1 Å². The van der Waals surface area contributed by atoms with Gasteiger partial charge in [-0.05, 0) is 28.4 Å². The molecular weight excluding hydrogens is 847 g/mol. The standard InChI is InChI=1S/C25H38Si2.C21H25.C5H5.Hf/c1-7-26(8-2,9-3)24-17-13-22(14-18-24)21-23-15-19-25(20-16-23)27(10-4,11-5)12-6;1-20(2,3)16-7-9-18-14(12-16)11-15-13-17(21(4,5)6)8-10-19(15)18;1-2-4-5-3-1;/h13-20H,7-12H2,1-6H3;7-10,12H,11H2,1-6H3;1-3H,4H2;/q;2*-1;+2. The van der Waals surface area contributed by atoms with Gasteiger partial charge in [0, 0.05) is 0 Å². The average Bonchev–Trinajstić information content (AvgIpc) is 3.88. The van der Waals surface area contributed by atoms with Crippen molar-refractivity contribution in [2.45, 2.75) is 143 Å². The van der Waals surface area contributed by atoms with Crippen molar-refractivity contribution in [3.63, 3.8) is 0 Å². The van der Waals surface area contributed by atoms with Gasteiger partial charge in [0.1, 0.15) is 0 Å².